The smallest absolute Gasteiger partial charge is 0.167 e. The van der Waals surface area contributed by atoms with Gasteiger partial charge in [-0.3, -0.25) is 4.57 Å². The first-order valence-electron chi connectivity index (χ1n) is 12.9. The highest BCUT2D eigenvalue weighted by Crippen LogP contribution is 2.37. The van der Waals surface area contributed by atoms with Gasteiger partial charge in [-0.05, 0) is 23.8 Å². The first kappa shape index (κ1) is 22.8. The van der Waals surface area contributed by atoms with Crippen LogP contribution in [0.25, 0.3) is 50.1 Å². The Balaban J connectivity index is 1.48. The van der Waals surface area contributed by atoms with E-state index >= 15 is 0 Å². The van der Waals surface area contributed by atoms with E-state index in [2.05, 4.69) is 64.5 Å². The lowest BCUT2D eigenvalue weighted by atomic mass is 10.0. The van der Waals surface area contributed by atoms with E-state index in [1.165, 1.54) is 0 Å². The number of para-hydroxylation sites is 3. The Labute approximate surface area is 226 Å². The van der Waals surface area contributed by atoms with Gasteiger partial charge in [0.15, 0.2) is 17.5 Å². The van der Waals surface area contributed by atoms with Crippen LogP contribution < -0.4 is 11.1 Å². The highest BCUT2D eigenvalue weighted by Gasteiger charge is 2.20. The molecule has 3 N–H and O–H groups in total. The fourth-order valence-corrected chi connectivity index (χ4v) is 5.18. The molecule has 0 saturated heterocycles. The zero-order chi connectivity index (χ0) is 26.2. The van der Waals surface area contributed by atoms with Crippen molar-refractivity contribution in [1.82, 2.24) is 14.5 Å². The maximum Gasteiger partial charge on any atom is 0.167 e. The summed E-state index contributed by atoms with van der Waals surface area (Å²) >= 11 is 0. The zero-order valence-electron chi connectivity index (χ0n) is 21.1. The van der Waals surface area contributed by atoms with Crippen molar-refractivity contribution in [3.8, 4) is 28.3 Å². The summed E-state index contributed by atoms with van der Waals surface area (Å²) in [5.74, 6) is 1.80. The molecule has 5 nitrogen and oxygen atoms in total. The number of nitrogens with one attached hydrogen (secondary N) is 1. The van der Waals surface area contributed by atoms with E-state index in [-0.39, 0.29) is 0 Å². The summed E-state index contributed by atoms with van der Waals surface area (Å²) in [7, 11) is 0. The molecular weight excluding hydrogens is 478 g/mol. The van der Waals surface area contributed by atoms with Crippen molar-refractivity contribution in [1.29, 1.82) is 0 Å². The predicted octanol–water partition coefficient (Wildman–Crippen LogP) is 8.23. The molecule has 7 aromatic rings. The third kappa shape index (κ3) is 3.97. The van der Waals surface area contributed by atoms with Gasteiger partial charge in [-0.25, -0.2) is 9.97 Å². The lowest BCUT2D eigenvalue weighted by Gasteiger charge is -2.17. The normalized spacial score (nSPS) is 11.2. The molecule has 0 saturated carbocycles. The van der Waals surface area contributed by atoms with Crippen molar-refractivity contribution in [3.63, 3.8) is 0 Å². The Kier molecular flexibility index (Phi) is 5.52. The topological polar surface area (TPSA) is 68.8 Å². The van der Waals surface area contributed by atoms with Crippen LogP contribution in [0, 0.1) is 0 Å². The summed E-state index contributed by atoms with van der Waals surface area (Å²) in [4.78, 5) is 10.00. The Morgan fingerprint density at radius 3 is 1.74 bits per heavy atom. The third-order valence-corrected chi connectivity index (χ3v) is 7.01. The summed E-state index contributed by atoms with van der Waals surface area (Å²) in [5, 5.41) is 5.86. The van der Waals surface area contributed by atoms with Gasteiger partial charge in [-0.2, -0.15) is 0 Å². The Morgan fingerprint density at radius 1 is 0.538 bits per heavy atom. The van der Waals surface area contributed by atoms with Gasteiger partial charge in [0.05, 0.1) is 11.0 Å². The van der Waals surface area contributed by atoms with Gasteiger partial charge in [0.2, 0.25) is 0 Å². The number of rotatable bonds is 5. The van der Waals surface area contributed by atoms with Crippen molar-refractivity contribution in [2.75, 3.05) is 11.1 Å². The largest absolute Gasteiger partial charge is 0.393 e. The van der Waals surface area contributed by atoms with Crippen molar-refractivity contribution in [2.24, 2.45) is 0 Å². The number of nitrogen functional groups attached to an aromatic ring is 1. The van der Waals surface area contributed by atoms with Crippen LogP contribution in [0.1, 0.15) is 0 Å². The molecule has 0 aliphatic rings. The standard InChI is InChI=1S/C34H25N5/c35-31-33(36-28-20-10-7-17-25(28)23-13-3-1-4-14-23)37-32(24-15-5-2-6-16-24)38-34(31)39-29-21-11-8-18-26(29)27-19-9-12-22-30(27)39/h1-22H,35H2,(H,36,37,38). The Morgan fingerprint density at radius 2 is 1.08 bits per heavy atom. The van der Waals surface area contributed by atoms with Crippen LogP contribution in [0.2, 0.25) is 0 Å². The number of fused-ring (bicyclic) bond motifs is 3. The maximum absolute atomic E-state index is 6.93. The maximum atomic E-state index is 6.93. The predicted molar refractivity (Wildman–Crippen MR) is 161 cm³/mol. The number of hydrogen-bond donors (Lipinski definition) is 2. The van der Waals surface area contributed by atoms with Gasteiger partial charge in [-0.1, -0.05) is 115 Å². The summed E-state index contributed by atoms with van der Waals surface area (Å²) in [6, 6.07) is 45.2. The highest BCUT2D eigenvalue weighted by atomic mass is 15.1. The zero-order valence-corrected chi connectivity index (χ0v) is 21.1. The van der Waals surface area contributed by atoms with E-state index in [0.29, 0.717) is 23.1 Å². The van der Waals surface area contributed by atoms with Gasteiger partial charge >= 0.3 is 0 Å². The van der Waals surface area contributed by atoms with Gasteiger partial charge < -0.3 is 11.1 Å². The molecule has 5 heteroatoms. The molecule has 39 heavy (non-hydrogen) atoms. The van der Waals surface area contributed by atoms with E-state index in [1.54, 1.807) is 0 Å². The van der Waals surface area contributed by atoms with Crippen LogP contribution in [-0.2, 0) is 0 Å². The van der Waals surface area contributed by atoms with E-state index in [9.17, 15) is 0 Å². The fraction of sp³-hybridized carbons (Fsp3) is 0. The summed E-state index contributed by atoms with van der Waals surface area (Å²) in [5.41, 5.74) is 13.5. The molecule has 0 atom stereocenters. The van der Waals surface area contributed by atoms with Crippen LogP contribution in [0.15, 0.2) is 133 Å². The highest BCUT2D eigenvalue weighted by molar-refractivity contribution is 6.09. The minimum absolute atomic E-state index is 0.476. The molecule has 0 radical (unpaired) electrons. The number of anilines is 3. The van der Waals surface area contributed by atoms with E-state index in [1.807, 2.05) is 78.9 Å². The third-order valence-electron chi connectivity index (χ3n) is 7.01. The van der Waals surface area contributed by atoms with Gasteiger partial charge in [0.1, 0.15) is 5.69 Å². The number of aromatic nitrogens is 3. The van der Waals surface area contributed by atoms with Crippen molar-refractivity contribution >= 4 is 39.0 Å². The van der Waals surface area contributed by atoms with Crippen molar-refractivity contribution in [2.45, 2.75) is 0 Å². The monoisotopic (exact) mass is 503 g/mol. The van der Waals surface area contributed by atoms with Crippen molar-refractivity contribution < 1.29 is 0 Å². The summed E-state index contributed by atoms with van der Waals surface area (Å²) in [6.45, 7) is 0. The van der Waals surface area contributed by atoms with Crippen molar-refractivity contribution in [3.05, 3.63) is 133 Å². The average Bonchev–Trinajstić information content (AvgIpc) is 3.34. The van der Waals surface area contributed by atoms with E-state index in [0.717, 1.165) is 44.2 Å². The van der Waals surface area contributed by atoms with Gasteiger partial charge in [0.25, 0.3) is 0 Å². The molecule has 0 unspecified atom stereocenters. The molecule has 7 rings (SSSR count). The molecule has 2 heterocycles. The van der Waals surface area contributed by atoms with Crippen LogP contribution in [-0.4, -0.2) is 14.5 Å². The molecule has 2 aromatic heterocycles. The molecule has 0 amide bonds. The fourth-order valence-electron chi connectivity index (χ4n) is 5.18. The summed E-state index contributed by atoms with van der Waals surface area (Å²) < 4.78 is 2.14. The molecule has 5 aromatic carbocycles. The second-order valence-corrected chi connectivity index (χ2v) is 9.41. The first-order chi connectivity index (χ1) is 19.3. The second-order valence-electron chi connectivity index (χ2n) is 9.41. The lowest BCUT2D eigenvalue weighted by molar-refractivity contribution is 1.05. The molecular formula is C34H25N5. The molecule has 0 spiro atoms. The second kappa shape index (κ2) is 9.47. The van der Waals surface area contributed by atoms with Crippen LogP contribution in [0.4, 0.5) is 17.2 Å². The van der Waals surface area contributed by atoms with Crippen LogP contribution in [0.5, 0.6) is 0 Å². The lowest BCUT2D eigenvalue weighted by Crippen LogP contribution is -2.10. The average molecular weight is 504 g/mol. The van der Waals surface area contributed by atoms with Crippen LogP contribution >= 0.6 is 0 Å². The number of benzene rings is 5. The molecule has 0 bridgehead atoms. The number of hydrogen-bond acceptors (Lipinski definition) is 4. The molecule has 0 aliphatic carbocycles. The van der Waals surface area contributed by atoms with Crippen LogP contribution in [0.3, 0.4) is 0 Å². The SMILES string of the molecule is Nc1c(Nc2ccccc2-c2ccccc2)nc(-c2ccccc2)nc1-n1c2ccccc2c2ccccc21. The summed E-state index contributed by atoms with van der Waals surface area (Å²) in [6.07, 6.45) is 0. The van der Waals surface area contributed by atoms with E-state index in [4.69, 9.17) is 15.7 Å². The quantitative estimate of drug-likeness (QED) is 0.248. The van der Waals surface area contributed by atoms with E-state index < -0.39 is 0 Å². The van der Waals surface area contributed by atoms with Gasteiger partial charge in [-0.15, -0.1) is 0 Å². The minimum atomic E-state index is 0.476. The minimum Gasteiger partial charge on any atom is -0.393 e. The number of nitrogens with two attached hydrogens (primary N) is 1. The van der Waals surface area contributed by atoms with Gasteiger partial charge in [0, 0.05) is 27.6 Å². The Bertz CT molecular complexity index is 1890. The molecule has 0 fully saturated rings. The molecule has 186 valence electrons. The molecule has 0 aliphatic heterocycles. The first-order valence-corrected chi connectivity index (χ1v) is 12.9. The Hall–Kier alpha value is -5.42. The number of nitrogens with zero attached hydrogens (tertiary/aromatic N) is 3.